The number of alkyl halides is 8. The predicted molar refractivity (Wildman–Crippen MR) is 41.4 cm³/mol. The maximum absolute atomic E-state index is 11.0. The van der Waals surface area contributed by atoms with Gasteiger partial charge in [-0.05, 0) is 46.4 Å². The minimum Gasteiger partial charge on any atom is -0.400 e. The van der Waals surface area contributed by atoms with Crippen LogP contribution in [0.2, 0.25) is 0 Å². The summed E-state index contributed by atoms with van der Waals surface area (Å²) in [6.45, 7) is 0. The molecule has 0 saturated carbocycles. The fourth-order valence-electron chi connectivity index (χ4n) is 0. The summed E-state index contributed by atoms with van der Waals surface area (Å²) < 4.78 is 38.8. The SMILES string of the molecule is CO.FC(Cl)(Cl)Cl.FC(F)(F)Cl. The van der Waals surface area contributed by atoms with Crippen LogP contribution in [0.5, 0.6) is 0 Å². The first-order valence-corrected chi connectivity index (χ1v) is 3.47. The van der Waals surface area contributed by atoms with Crippen molar-refractivity contribution in [2.45, 2.75) is 9.68 Å². The number of rotatable bonds is 0. The van der Waals surface area contributed by atoms with E-state index in [-0.39, 0.29) is 0 Å². The summed E-state index contributed by atoms with van der Waals surface area (Å²) in [4.78, 5) is 0. The van der Waals surface area contributed by atoms with Crippen molar-refractivity contribution in [1.82, 2.24) is 0 Å². The summed E-state index contributed by atoms with van der Waals surface area (Å²) in [5, 5.41) is 7.00. The maximum Gasteiger partial charge on any atom is 0.475 e. The van der Waals surface area contributed by atoms with E-state index in [1.807, 2.05) is 0 Å². The predicted octanol–water partition coefficient (Wildman–Crippen LogP) is 3.64. The highest BCUT2D eigenvalue weighted by Gasteiger charge is 2.20. The minimum atomic E-state index is -4.53. The Labute approximate surface area is 86.2 Å². The van der Waals surface area contributed by atoms with Crippen molar-refractivity contribution in [1.29, 1.82) is 0 Å². The van der Waals surface area contributed by atoms with Crippen molar-refractivity contribution < 1.29 is 22.7 Å². The van der Waals surface area contributed by atoms with Crippen LogP contribution in [0.1, 0.15) is 0 Å². The molecule has 0 spiro atoms. The molecule has 0 heterocycles. The molecule has 1 nitrogen and oxygen atoms in total. The lowest BCUT2D eigenvalue weighted by Gasteiger charge is -1.89. The van der Waals surface area contributed by atoms with E-state index in [1.165, 1.54) is 0 Å². The molecule has 0 bridgehead atoms. The first kappa shape index (κ1) is 18.6. The normalized spacial score (nSPS) is 10.5. The zero-order valence-corrected chi connectivity index (χ0v) is 8.49. The molecule has 0 atom stereocenters. The molecule has 9 heteroatoms. The molecule has 0 aliphatic carbocycles. The second-order valence-corrected chi connectivity index (χ2v) is 3.43. The van der Waals surface area contributed by atoms with Crippen molar-refractivity contribution in [2.75, 3.05) is 7.11 Å². The monoisotopic (exact) mass is 272 g/mol. The van der Waals surface area contributed by atoms with Crippen molar-refractivity contribution in [3.05, 3.63) is 0 Å². The number of aliphatic hydroxyl groups excluding tert-OH is 1. The second-order valence-electron chi connectivity index (χ2n) is 0.857. The molecular formula is C3H4Cl4F4O. The third-order valence-electron chi connectivity index (χ3n) is 0. The van der Waals surface area contributed by atoms with E-state index in [4.69, 9.17) is 5.11 Å². The Morgan fingerprint density at radius 1 is 0.833 bits per heavy atom. The van der Waals surface area contributed by atoms with Gasteiger partial charge in [-0.3, -0.25) is 0 Å². The molecule has 78 valence electrons. The molecule has 0 aromatic heterocycles. The van der Waals surface area contributed by atoms with Gasteiger partial charge < -0.3 is 5.11 Å². The van der Waals surface area contributed by atoms with E-state index < -0.39 is 9.68 Å². The molecule has 1 N–H and O–H groups in total. The standard InChI is InChI=1S/CCl3F.CClF3.CH4O/c2*2-1(3,4)5;1-2/h;;2H,1H3. The zero-order valence-electron chi connectivity index (χ0n) is 5.47. The highest BCUT2D eigenvalue weighted by atomic mass is 35.6. The van der Waals surface area contributed by atoms with Crippen LogP contribution in [-0.2, 0) is 0 Å². The van der Waals surface area contributed by atoms with Gasteiger partial charge in [0.25, 0.3) is 0 Å². The molecule has 0 rings (SSSR count). The molecule has 0 aliphatic heterocycles. The van der Waals surface area contributed by atoms with Crippen LogP contribution in [0.4, 0.5) is 17.6 Å². The summed E-state index contributed by atoms with van der Waals surface area (Å²) in [7, 11) is 1.00. The van der Waals surface area contributed by atoms with Crippen LogP contribution < -0.4 is 0 Å². The van der Waals surface area contributed by atoms with Gasteiger partial charge in [0, 0.05) is 7.11 Å². The van der Waals surface area contributed by atoms with Gasteiger partial charge >= 0.3 is 9.68 Å². The molecule has 0 fully saturated rings. The van der Waals surface area contributed by atoms with Crippen LogP contribution in [0.15, 0.2) is 0 Å². The van der Waals surface area contributed by atoms with E-state index in [9.17, 15) is 17.6 Å². The first-order chi connectivity index (χ1) is 5.00. The Hall–Kier alpha value is 0.840. The van der Waals surface area contributed by atoms with Crippen molar-refractivity contribution in [3.8, 4) is 0 Å². The Morgan fingerprint density at radius 2 is 0.833 bits per heavy atom. The van der Waals surface area contributed by atoms with Crippen LogP contribution >= 0.6 is 46.4 Å². The molecule has 0 aromatic rings. The van der Waals surface area contributed by atoms with Gasteiger partial charge in [0.05, 0.1) is 0 Å². The smallest absolute Gasteiger partial charge is 0.400 e. The van der Waals surface area contributed by atoms with E-state index in [0.29, 0.717) is 0 Å². The van der Waals surface area contributed by atoms with Crippen LogP contribution in [0.3, 0.4) is 0 Å². The molecular weight excluding hydrogens is 270 g/mol. The van der Waals surface area contributed by atoms with Gasteiger partial charge in [0.1, 0.15) is 0 Å². The van der Waals surface area contributed by atoms with E-state index in [0.717, 1.165) is 7.11 Å². The average molecular weight is 274 g/mol. The van der Waals surface area contributed by atoms with Crippen LogP contribution in [0, 0.1) is 0 Å². The summed E-state index contributed by atoms with van der Waals surface area (Å²) in [6, 6.07) is 0. The van der Waals surface area contributed by atoms with Gasteiger partial charge in [-0.2, -0.15) is 17.6 Å². The highest BCUT2D eigenvalue weighted by molar-refractivity contribution is 6.66. The molecule has 0 aliphatic rings. The highest BCUT2D eigenvalue weighted by Crippen LogP contribution is 2.26. The van der Waals surface area contributed by atoms with Crippen LogP contribution in [-0.4, -0.2) is 21.9 Å². The summed E-state index contributed by atoms with van der Waals surface area (Å²) in [5.41, 5.74) is -4.53. The first-order valence-electron chi connectivity index (χ1n) is 1.96. The largest absolute Gasteiger partial charge is 0.475 e. The van der Waals surface area contributed by atoms with Crippen molar-refractivity contribution >= 4 is 46.4 Å². The number of hydrogen-bond donors (Lipinski definition) is 1. The van der Waals surface area contributed by atoms with E-state index in [2.05, 4.69) is 46.4 Å². The zero-order chi connectivity index (χ0) is 11.0. The number of hydrogen-bond acceptors (Lipinski definition) is 1. The van der Waals surface area contributed by atoms with Gasteiger partial charge in [0.15, 0.2) is 0 Å². The lowest BCUT2D eigenvalue weighted by molar-refractivity contribution is -0.0420. The Kier molecular flexibility index (Phi) is 13.1. The van der Waals surface area contributed by atoms with Gasteiger partial charge in [-0.1, -0.05) is 0 Å². The summed E-state index contributed by atoms with van der Waals surface area (Å²) >= 11 is 16.7. The number of halogens is 8. The molecule has 0 amide bonds. The van der Waals surface area contributed by atoms with E-state index >= 15 is 0 Å². The summed E-state index contributed by atoms with van der Waals surface area (Å²) in [6.07, 6.45) is 0. The van der Waals surface area contributed by atoms with Crippen molar-refractivity contribution in [2.24, 2.45) is 0 Å². The quantitative estimate of drug-likeness (QED) is 0.528. The summed E-state index contributed by atoms with van der Waals surface area (Å²) in [5.74, 6) is 0. The van der Waals surface area contributed by atoms with Gasteiger partial charge in [-0.15, -0.1) is 0 Å². The Morgan fingerprint density at radius 3 is 0.833 bits per heavy atom. The minimum absolute atomic E-state index is 1.00. The third-order valence-corrected chi connectivity index (χ3v) is 0. The third kappa shape index (κ3) is 1490. The lowest BCUT2D eigenvalue weighted by atomic mass is 11.6. The fraction of sp³-hybridized carbons (Fsp3) is 1.00. The lowest BCUT2D eigenvalue weighted by Crippen LogP contribution is -1.89. The van der Waals surface area contributed by atoms with Gasteiger partial charge in [0.2, 0.25) is 0 Å². The molecule has 0 aromatic carbocycles. The topological polar surface area (TPSA) is 20.2 Å². The maximum atomic E-state index is 11.0. The number of aliphatic hydroxyl groups is 1. The molecule has 0 unspecified atom stereocenters. The van der Waals surface area contributed by atoms with Crippen molar-refractivity contribution in [3.63, 3.8) is 0 Å². The molecule has 12 heavy (non-hydrogen) atoms. The Bertz CT molecular complexity index is 65.3. The molecule has 0 saturated heterocycles. The van der Waals surface area contributed by atoms with Gasteiger partial charge in [-0.25, -0.2) is 0 Å². The van der Waals surface area contributed by atoms with Crippen LogP contribution in [0.25, 0.3) is 0 Å². The second kappa shape index (κ2) is 8.44. The van der Waals surface area contributed by atoms with E-state index in [1.54, 1.807) is 0 Å². The average Bonchev–Trinajstić information content (AvgIpc) is 1.59. The molecule has 0 radical (unpaired) electrons. The Balaban J connectivity index is -0.000000112. The fourth-order valence-corrected chi connectivity index (χ4v) is 0.